The average molecular weight is 407 g/mol. The molecule has 0 saturated carbocycles. The summed E-state index contributed by atoms with van der Waals surface area (Å²) in [7, 11) is 0. The normalized spacial score (nSPS) is 23.0. The first-order valence-corrected chi connectivity index (χ1v) is 10.7. The number of anilines is 1. The maximum absolute atomic E-state index is 13.0. The number of rotatable bonds is 4. The SMILES string of the molecule is O=C(Nc1nc(-c2ccccn2)cs1)N1[C@H]2CC[C@H]1CC(Oc1ccccn1)C2. The van der Waals surface area contributed by atoms with Crippen molar-refractivity contribution in [2.45, 2.75) is 43.9 Å². The Kier molecular flexibility index (Phi) is 4.85. The van der Waals surface area contributed by atoms with Crippen LogP contribution in [0.25, 0.3) is 11.4 Å². The van der Waals surface area contributed by atoms with Crippen molar-refractivity contribution in [3.05, 3.63) is 54.2 Å². The van der Waals surface area contributed by atoms with Crippen molar-refractivity contribution >= 4 is 22.5 Å². The molecule has 2 atom stereocenters. The first-order chi connectivity index (χ1) is 14.3. The summed E-state index contributed by atoms with van der Waals surface area (Å²) in [5.74, 6) is 0.652. The molecule has 5 heterocycles. The van der Waals surface area contributed by atoms with Crippen LogP contribution >= 0.6 is 11.3 Å². The number of nitrogens with one attached hydrogen (secondary N) is 1. The molecular formula is C21H21N5O2S. The number of nitrogens with zero attached hydrogens (tertiary/aromatic N) is 4. The molecule has 8 heteroatoms. The summed E-state index contributed by atoms with van der Waals surface area (Å²) in [6.45, 7) is 0. The fourth-order valence-corrected chi connectivity index (χ4v) is 4.96. The Balaban J connectivity index is 1.23. The molecule has 2 fully saturated rings. The summed E-state index contributed by atoms with van der Waals surface area (Å²) in [5, 5.41) is 5.50. The second kappa shape index (κ2) is 7.79. The zero-order chi connectivity index (χ0) is 19.6. The summed E-state index contributed by atoms with van der Waals surface area (Å²) in [6, 6.07) is 11.7. The van der Waals surface area contributed by atoms with E-state index in [1.165, 1.54) is 11.3 Å². The molecule has 2 saturated heterocycles. The third kappa shape index (κ3) is 3.80. The highest BCUT2D eigenvalue weighted by Gasteiger charge is 2.44. The molecule has 3 aromatic rings. The van der Waals surface area contributed by atoms with Gasteiger partial charge in [-0.05, 0) is 31.0 Å². The second-order valence-corrected chi connectivity index (χ2v) is 8.21. The largest absolute Gasteiger partial charge is 0.474 e. The van der Waals surface area contributed by atoms with Gasteiger partial charge in [-0.15, -0.1) is 11.3 Å². The number of urea groups is 1. The monoisotopic (exact) mass is 407 g/mol. The number of carbonyl (C=O) groups excluding carboxylic acids is 1. The lowest BCUT2D eigenvalue weighted by molar-refractivity contribution is 0.0704. The van der Waals surface area contributed by atoms with E-state index in [9.17, 15) is 4.79 Å². The van der Waals surface area contributed by atoms with Gasteiger partial charge in [0, 0.05) is 48.8 Å². The van der Waals surface area contributed by atoms with Crippen LogP contribution < -0.4 is 10.1 Å². The van der Waals surface area contributed by atoms with Crippen LogP contribution in [0.2, 0.25) is 0 Å². The topological polar surface area (TPSA) is 80.2 Å². The molecule has 0 spiro atoms. The molecule has 0 unspecified atom stereocenters. The van der Waals surface area contributed by atoms with E-state index < -0.39 is 0 Å². The molecule has 2 bridgehead atoms. The highest BCUT2D eigenvalue weighted by molar-refractivity contribution is 7.14. The van der Waals surface area contributed by atoms with Crippen LogP contribution in [0.5, 0.6) is 5.88 Å². The Bertz CT molecular complexity index is 967. The first-order valence-electron chi connectivity index (χ1n) is 9.80. The van der Waals surface area contributed by atoms with Crippen molar-refractivity contribution in [3.63, 3.8) is 0 Å². The van der Waals surface area contributed by atoms with Gasteiger partial charge in [0.2, 0.25) is 5.88 Å². The number of amides is 2. The molecule has 2 amide bonds. The molecule has 2 aliphatic rings. The van der Waals surface area contributed by atoms with Gasteiger partial charge in [-0.25, -0.2) is 14.8 Å². The van der Waals surface area contributed by atoms with Crippen molar-refractivity contribution < 1.29 is 9.53 Å². The quantitative estimate of drug-likeness (QED) is 0.701. The standard InChI is InChI=1S/C21H21N5O2S/c27-21(25-20-24-18(13-29-20)17-5-1-3-9-22-17)26-14-7-8-15(26)12-16(11-14)28-19-6-2-4-10-23-19/h1-6,9-10,13-16H,7-8,11-12H2,(H,24,25,27)/t14-,15-/m0/s1. The molecule has 7 nitrogen and oxygen atoms in total. The number of piperidine rings is 1. The Hall–Kier alpha value is -3.00. The molecular weight excluding hydrogens is 386 g/mol. The molecule has 0 aromatic carbocycles. The Labute approximate surface area is 172 Å². The van der Waals surface area contributed by atoms with Crippen LogP contribution in [0.1, 0.15) is 25.7 Å². The number of thiazole rings is 1. The predicted molar refractivity (Wildman–Crippen MR) is 111 cm³/mol. The van der Waals surface area contributed by atoms with E-state index in [1.54, 1.807) is 12.4 Å². The van der Waals surface area contributed by atoms with Gasteiger partial charge in [-0.1, -0.05) is 12.1 Å². The lowest BCUT2D eigenvalue weighted by Crippen LogP contribution is -2.50. The predicted octanol–water partition coefficient (Wildman–Crippen LogP) is 4.21. The summed E-state index contributed by atoms with van der Waals surface area (Å²) in [4.78, 5) is 28.0. The van der Waals surface area contributed by atoms with E-state index in [1.807, 2.05) is 46.7 Å². The Morgan fingerprint density at radius 1 is 1.03 bits per heavy atom. The van der Waals surface area contributed by atoms with Crippen molar-refractivity contribution in [2.24, 2.45) is 0 Å². The summed E-state index contributed by atoms with van der Waals surface area (Å²) in [6.07, 6.45) is 7.26. The number of aromatic nitrogens is 3. The Morgan fingerprint density at radius 2 is 1.79 bits per heavy atom. The summed E-state index contributed by atoms with van der Waals surface area (Å²) >= 11 is 1.42. The van der Waals surface area contributed by atoms with Gasteiger partial charge in [0.25, 0.3) is 0 Å². The number of fused-ring (bicyclic) bond motifs is 2. The number of carbonyl (C=O) groups is 1. The molecule has 148 valence electrons. The molecule has 3 aromatic heterocycles. The smallest absolute Gasteiger partial charge is 0.324 e. The van der Waals surface area contributed by atoms with E-state index in [2.05, 4.69) is 20.3 Å². The second-order valence-electron chi connectivity index (χ2n) is 7.35. The van der Waals surface area contributed by atoms with Crippen molar-refractivity contribution in [1.82, 2.24) is 19.9 Å². The molecule has 2 aliphatic heterocycles. The minimum absolute atomic E-state index is 0.0734. The number of hydrogen-bond donors (Lipinski definition) is 1. The summed E-state index contributed by atoms with van der Waals surface area (Å²) < 4.78 is 6.05. The van der Waals surface area contributed by atoms with Gasteiger partial charge < -0.3 is 9.64 Å². The van der Waals surface area contributed by atoms with E-state index in [0.717, 1.165) is 37.1 Å². The molecule has 0 radical (unpaired) electrons. The van der Waals surface area contributed by atoms with Gasteiger partial charge in [-0.3, -0.25) is 10.3 Å². The average Bonchev–Trinajstić information content (AvgIpc) is 3.32. The number of ether oxygens (including phenoxy) is 1. The van der Waals surface area contributed by atoms with Crippen LogP contribution in [0.4, 0.5) is 9.93 Å². The van der Waals surface area contributed by atoms with Crippen molar-refractivity contribution in [3.8, 4) is 17.3 Å². The maximum atomic E-state index is 13.0. The van der Waals surface area contributed by atoms with Crippen LogP contribution in [0.3, 0.4) is 0 Å². The minimum atomic E-state index is -0.0734. The summed E-state index contributed by atoms with van der Waals surface area (Å²) in [5.41, 5.74) is 1.58. The third-order valence-corrected chi connectivity index (χ3v) is 6.25. The van der Waals surface area contributed by atoms with Gasteiger partial charge in [-0.2, -0.15) is 0 Å². The molecule has 29 heavy (non-hydrogen) atoms. The lowest BCUT2D eigenvalue weighted by atomic mass is 10.00. The van der Waals surface area contributed by atoms with Crippen LogP contribution in [-0.2, 0) is 0 Å². The molecule has 5 rings (SSSR count). The van der Waals surface area contributed by atoms with Crippen LogP contribution in [0, 0.1) is 0 Å². The maximum Gasteiger partial charge on any atom is 0.324 e. The zero-order valence-electron chi connectivity index (χ0n) is 15.8. The van der Waals surface area contributed by atoms with E-state index in [4.69, 9.17) is 4.74 Å². The van der Waals surface area contributed by atoms with Crippen LogP contribution in [0.15, 0.2) is 54.2 Å². The van der Waals surface area contributed by atoms with E-state index in [-0.39, 0.29) is 24.2 Å². The number of pyridine rings is 2. The highest BCUT2D eigenvalue weighted by Crippen LogP contribution is 2.37. The first kappa shape index (κ1) is 18.1. The van der Waals surface area contributed by atoms with Gasteiger partial charge in [0.05, 0.1) is 5.69 Å². The number of hydrogen-bond acceptors (Lipinski definition) is 6. The van der Waals surface area contributed by atoms with Crippen molar-refractivity contribution in [1.29, 1.82) is 0 Å². The van der Waals surface area contributed by atoms with Gasteiger partial charge >= 0.3 is 6.03 Å². The van der Waals surface area contributed by atoms with Crippen molar-refractivity contribution in [2.75, 3.05) is 5.32 Å². The fraction of sp³-hybridized carbons (Fsp3) is 0.333. The minimum Gasteiger partial charge on any atom is -0.474 e. The van der Waals surface area contributed by atoms with Gasteiger partial charge in [0.1, 0.15) is 11.8 Å². The van der Waals surface area contributed by atoms with Crippen LogP contribution in [-0.4, -0.2) is 44.1 Å². The molecule has 1 N–H and O–H groups in total. The zero-order valence-corrected chi connectivity index (χ0v) is 16.6. The Morgan fingerprint density at radius 3 is 2.48 bits per heavy atom. The van der Waals surface area contributed by atoms with E-state index >= 15 is 0 Å². The third-order valence-electron chi connectivity index (χ3n) is 5.49. The lowest BCUT2D eigenvalue weighted by Gasteiger charge is -2.38. The fourth-order valence-electron chi connectivity index (χ4n) is 4.26. The molecule has 0 aliphatic carbocycles. The van der Waals surface area contributed by atoms with Gasteiger partial charge in [0.15, 0.2) is 5.13 Å². The van der Waals surface area contributed by atoms with E-state index in [0.29, 0.717) is 11.0 Å². The highest BCUT2D eigenvalue weighted by atomic mass is 32.1.